The first-order chi connectivity index (χ1) is 32.5. The van der Waals surface area contributed by atoms with E-state index in [-0.39, 0.29) is 80.4 Å². The van der Waals surface area contributed by atoms with Gasteiger partial charge in [-0.3, -0.25) is 28.8 Å². The fourth-order valence-corrected chi connectivity index (χ4v) is 8.06. The number of hydrogen-bond acceptors (Lipinski definition) is 11. The van der Waals surface area contributed by atoms with Crippen LogP contribution in [0.15, 0.2) is 54.6 Å². The van der Waals surface area contributed by atoms with Crippen molar-refractivity contribution in [1.82, 2.24) is 31.9 Å². The Hall–Kier alpha value is -5.81. The molecule has 0 saturated carbocycles. The van der Waals surface area contributed by atoms with Crippen molar-refractivity contribution in [3.05, 3.63) is 76.3 Å². The quantitative estimate of drug-likeness (QED) is 0.0832. The number of amides is 6. The summed E-state index contributed by atoms with van der Waals surface area (Å²) in [6.45, 7) is 15.7. The van der Waals surface area contributed by atoms with Crippen LogP contribution in [-0.4, -0.2) is 97.2 Å². The van der Waals surface area contributed by atoms with Gasteiger partial charge in [-0.1, -0.05) is 82.6 Å². The van der Waals surface area contributed by atoms with E-state index in [1.165, 1.54) is 20.1 Å². The minimum Gasteiger partial charge on any atom is -0.495 e. The predicted octanol–water partition coefficient (Wildman–Crippen LogP) is 4.72. The molecule has 8 atom stereocenters. The average Bonchev–Trinajstić information content (AvgIpc) is 4.09. The van der Waals surface area contributed by atoms with Gasteiger partial charge in [-0.15, -0.1) is 0 Å². The zero-order valence-corrected chi connectivity index (χ0v) is 42.3. The van der Waals surface area contributed by atoms with Crippen LogP contribution in [0.3, 0.4) is 0 Å². The molecule has 0 aliphatic carbocycles. The van der Waals surface area contributed by atoms with E-state index in [1.807, 2.05) is 45.0 Å². The van der Waals surface area contributed by atoms with Crippen LogP contribution in [0.2, 0.25) is 5.02 Å². The maximum Gasteiger partial charge on any atom is 0.328 e. The minimum absolute atomic E-state index is 0.0128. The van der Waals surface area contributed by atoms with Gasteiger partial charge in [-0.25, -0.2) is 4.79 Å². The lowest BCUT2D eigenvalue weighted by molar-refractivity contribution is -0.157. The third-order valence-electron chi connectivity index (χ3n) is 12.2. The number of methoxy groups -OCH3 is 1. The Labute approximate surface area is 410 Å². The Morgan fingerprint density at radius 2 is 1.57 bits per heavy atom. The van der Waals surface area contributed by atoms with E-state index < -0.39 is 71.2 Å². The number of ketones is 1. The number of Topliss-reactive ketones (excluding diaryl/α,β-unsaturated/α-hetero) is 1. The van der Waals surface area contributed by atoms with E-state index >= 15 is 0 Å². The maximum absolute atomic E-state index is 13.9. The molecule has 378 valence electrons. The Morgan fingerprint density at radius 3 is 2.19 bits per heavy atom. The van der Waals surface area contributed by atoms with E-state index in [1.54, 1.807) is 58.9 Å². The molecule has 0 radical (unpaired) electrons. The van der Waals surface area contributed by atoms with Crippen LogP contribution < -0.4 is 36.6 Å². The van der Waals surface area contributed by atoms with Gasteiger partial charge in [0.15, 0.2) is 0 Å². The molecule has 0 bridgehead atoms. The zero-order valence-electron chi connectivity index (χ0n) is 41.5. The van der Waals surface area contributed by atoms with Crippen molar-refractivity contribution in [2.75, 3.05) is 13.7 Å². The summed E-state index contributed by atoms with van der Waals surface area (Å²) in [7, 11) is 1.49. The summed E-state index contributed by atoms with van der Waals surface area (Å²) >= 11 is 6.37. The molecule has 17 nitrogen and oxygen atoms in total. The molecule has 0 spiro atoms. The van der Waals surface area contributed by atoms with Gasteiger partial charge in [0.25, 0.3) is 0 Å². The summed E-state index contributed by atoms with van der Waals surface area (Å²) in [5.41, 5.74) is 1.16. The number of cyclic esters (lactones) is 1. The van der Waals surface area contributed by atoms with Gasteiger partial charge >= 0.3 is 5.97 Å². The van der Waals surface area contributed by atoms with Gasteiger partial charge in [0, 0.05) is 44.7 Å². The molecule has 2 aromatic carbocycles. The summed E-state index contributed by atoms with van der Waals surface area (Å²) in [6, 6.07) is 8.79. The topological polar surface area (TPSA) is 240 Å². The van der Waals surface area contributed by atoms with Gasteiger partial charge in [0.2, 0.25) is 35.4 Å². The number of esters is 1. The molecule has 4 rings (SSSR count). The van der Waals surface area contributed by atoms with Crippen LogP contribution >= 0.6 is 11.6 Å². The lowest BCUT2D eigenvalue weighted by Crippen LogP contribution is -2.54. The second-order valence-corrected chi connectivity index (χ2v) is 19.9. The monoisotopic (exact) mass is 978 g/mol. The van der Waals surface area contributed by atoms with Crippen molar-refractivity contribution < 1.29 is 52.6 Å². The number of nitrogens with one attached hydrogen (secondary N) is 6. The van der Waals surface area contributed by atoms with E-state index in [0.29, 0.717) is 29.2 Å². The molecular weight excluding hydrogens is 908 g/mol. The van der Waals surface area contributed by atoms with Crippen LogP contribution in [0.1, 0.15) is 117 Å². The second-order valence-electron chi connectivity index (χ2n) is 19.5. The molecule has 6 amide bonds. The van der Waals surface area contributed by atoms with Gasteiger partial charge in [-0.05, 0) is 87.3 Å². The largest absolute Gasteiger partial charge is 0.495 e. The molecule has 6 N–H and O–H groups in total. The minimum atomic E-state index is -1.16. The first kappa shape index (κ1) is 55.8. The van der Waals surface area contributed by atoms with Crippen LogP contribution in [0.25, 0.3) is 0 Å². The van der Waals surface area contributed by atoms with Crippen molar-refractivity contribution in [1.29, 1.82) is 0 Å². The average molecular weight is 980 g/mol. The van der Waals surface area contributed by atoms with Gasteiger partial charge in [0.05, 0.1) is 23.7 Å². The number of hydrogen-bond donors (Lipinski definition) is 6. The number of carbonyl (C=O) groups is 8. The Morgan fingerprint density at radius 1 is 0.884 bits per heavy atom. The van der Waals surface area contributed by atoms with E-state index in [4.69, 9.17) is 25.8 Å². The lowest BCUT2D eigenvalue weighted by Gasteiger charge is -2.30. The predicted molar refractivity (Wildman–Crippen MR) is 259 cm³/mol. The third-order valence-corrected chi connectivity index (χ3v) is 12.5. The second kappa shape index (κ2) is 25.7. The Kier molecular flexibility index (Phi) is 20.8. The molecule has 1 saturated heterocycles. The van der Waals surface area contributed by atoms with Crippen molar-refractivity contribution in [3.63, 3.8) is 0 Å². The van der Waals surface area contributed by atoms with Gasteiger partial charge in [-0.2, -0.15) is 0 Å². The van der Waals surface area contributed by atoms with Crippen molar-refractivity contribution >= 4 is 58.8 Å². The van der Waals surface area contributed by atoms with Crippen molar-refractivity contribution in [2.45, 2.75) is 150 Å². The molecule has 2 aliphatic rings. The third kappa shape index (κ3) is 17.3. The molecule has 0 unspecified atom stereocenters. The zero-order chi connectivity index (χ0) is 51.2. The number of ether oxygens (including phenoxy) is 3. The fourth-order valence-electron chi connectivity index (χ4n) is 7.78. The summed E-state index contributed by atoms with van der Waals surface area (Å²) in [5, 5.41) is 17.0. The summed E-state index contributed by atoms with van der Waals surface area (Å²) in [4.78, 5) is 104. The molecule has 2 aliphatic heterocycles. The standard InChI is InChI=1S/C51H71ClN6O11/c1-28(2)23-38-49(65)68-39(14-12-16-41(60)56-37(25-34-19-22-40(67-10)36(52)24-34)47(63)54-27-51(8,9)50(66)57-38)31(6)44-45(69-44)35-20-17-33(18-21-35)26-53-46(62)32(7)55-48(64)43(29(3)4)58-42(61)15-11-13-30(5)59/h12,16-22,24,28-29,31-32,37-39,43-45H,11,13-15,23,25-27H2,1-10H3,(H,53,62)(H,54,63)(H,55,64)(H,56,60)(H,57,66)(H,58,61)/b16-12+/t31-,32-,37+,38-,39-,43-,44+,45+/m0/s1. The highest BCUT2D eigenvalue weighted by atomic mass is 35.5. The van der Waals surface area contributed by atoms with Crippen LogP contribution in [0.5, 0.6) is 5.75 Å². The number of benzene rings is 2. The Balaban J connectivity index is 1.43. The number of rotatable bonds is 19. The normalized spacial score (nSPS) is 22.7. The highest BCUT2D eigenvalue weighted by Gasteiger charge is 2.48. The summed E-state index contributed by atoms with van der Waals surface area (Å²) in [5.74, 6) is -3.56. The summed E-state index contributed by atoms with van der Waals surface area (Å²) < 4.78 is 17.6. The molecule has 69 heavy (non-hydrogen) atoms. The number of epoxide rings is 1. The van der Waals surface area contributed by atoms with Crippen molar-refractivity contribution in [2.24, 2.45) is 23.2 Å². The Bertz CT molecular complexity index is 2200. The maximum atomic E-state index is 13.9. The first-order valence-corrected chi connectivity index (χ1v) is 24.1. The van der Waals surface area contributed by atoms with Crippen LogP contribution in [-0.2, 0) is 60.8 Å². The fraction of sp³-hybridized carbons (Fsp3) is 0.569. The van der Waals surface area contributed by atoms with E-state index in [0.717, 1.165) is 11.1 Å². The van der Waals surface area contributed by atoms with Crippen LogP contribution in [0.4, 0.5) is 0 Å². The molecule has 2 heterocycles. The lowest BCUT2D eigenvalue weighted by atomic mass is 9.90. The molecule has 0 aromatic heterocycles. The number of halogens is 1. The molecule has 1 fully saturated rings. The highest BCUT2D eigenvalue weighted by Crippen LogP contribution is 2.45. The van der Waals surface area contributed by atoms with E-state index in [9.17, 15) is 38.4 Å². The van der Waals surface area contributed by atoms with E-state index in [2.05, 4.69) is 31.9 Å². The summed E-state index contributed by atoms with van der Waals surface area (Å²) in [6.07, 6.45) is 2.70. The van der Waals surface area contributed by atoms with Gasteiger partial charge < -0.3 is 50.9 Å². The van der Waals surface area contributed by atoms with Crippen molar-refractivity contribution in [3.8, 4) is 5.75 Å². The molecule has 2 aromatic rings. The first-order valence-electron chi connectivity index (χ1n) is 23.7. The SMILES string of the molecule is COc1ccc(C[C@H]2NC(=O)/C=C/C[C@@H]([C@H](C)[C@H]3O[C@@H]3c3ccc(CNC(=O)[C@H](C)NC(=O)[C@@H](NC(=O)CCCC(C)=O)C(C)C)cc3)OC(=O)[C@H](CC(C)C)NC(=O)C(C)(C)CNC2=O)cc1Cl. The molecular formula is C51H71ClN6O11. The van der Waals surface area contributed by atoms with Gasteiger partial charge in [0.1, 0.15) is 47.9 Å². The smallest absolute Gasteiger partial charge is 0.328 e. The highest BCUT2D eigenvalue weighted by molar-refractivity contribution is 6.32. The van der Waals surface area contributed by atoms with Crippen LogP contribution in [0, 0.1) is 23.2 Å². The molecule has 18 heteroatoms. The number of carbonyl (C=O) groups excluding carboxylic acids is 8.